The molecular formula is C24H21Cl2FN4O5S. The van der Waals surface area contributed by atoms with Gasteiger partial charge in [-0.2, -0.15) is 5.10 Å². The summed E-state index contributed by atoms with van der Waals surface area (Å²) in [5, 5.41) is 6.56. The average molecular weight is 567 g/mol. The number of rotatable bonds is 10. The number of carbonyl (C=O) groups excluding carboxylic acids is 2. The smallest absolute Gasteiger partial charge is 0.262 e. The first-order valence-corrected chi connectivity index (χ1v) is 13.2. The number of nitrogens with one attached hydrogen (secondary N) is 2. The van der Waals surface area contributed by atoms with Crippen LogP contribution in [-0.2, 0) is 19.6 Å². The molecule has 3 rings (SSSR count). The molecule has 0 radical (unpaired) electrons. The molecule has 0 spiro atoms. The van der Waals surface area contributed by atoms with E-state index in [0.29, 0.717) is 17.0 Å². The van der Waals surface area contributed by atoms with E-state index >= 15 is 0 Å². The third-order valence-electron chi connectivity index (χ3n) is 4.67. The predicted molar refractivity (Wildman–Crippen MR) is 141 cm³/mol. The van der Waals surface area contributed by atoms with E-state index in [2.05, 4.69) is 15.8 Å². The minimum absolute atomic E-state index is 0.00105. The van der Waals surface area contributed by atoms with Crippen molar-refractivity contribution in [1.29, 1.82) is 0 Å². The number of hydrazone groups is 1. The van der Waals surface area contributed by atoms with Crippen molar-refractivity contribution < 1.29 is 27.1 Å². The first kappa shape index (κ1) is 27.9. The van der Waals surface area contributed by atoms with Crippen LogP contribution in [0.5, 0.6) is 5.75 Å². The number of benzene rings is 3. The molecule has 0 fully saturated rings. The van der Waals surface area contributed by atoms with Gasteiger partial charge in [0.1, 0.15) is 18.1 Å². The number of hydrogen-bond donors (Lipinski definition) is 2. The maximum atomic E-state index is 12.9. The number of carbonyl (C=O) groups is 2. The Labute approximate surface area is 222 Å². The zero-order valence-corrected chi connectivity index (χ0v) is 21.6. The van der Waals surface area contributed by atoms with Crippen molar-refractivity contribution in [1.82, 2.24) is 5.43 Å². The summed E-state index contributed by atoms with van der Waals surface area (Å²) < 4.78 is 43.6. The van der Waals surface area contributed by atoms with E-state index in [0.717, 1.165) is 10.6 Å². The molecule has 0 bridgehead atoms. The van der Waals surface area contributed by atoms with E-state index in [9.17, 15) is 22.4 Å². The van der Waals surface area contributed by atoms with Crippen LogP contribution in [0.4, 0.5) is 15.8 Å². The number of anilines is 2. The zero-order chi connectivity index (χ0) is 27.0. The molecule has 0 unspecified atom stereocenters. The van der Waals surface area contributed by atoms with Gasteiger partial charge in [-0.05, 0) is 66.2 Å². The lowest BCUT2D eigenvalue weighted by atomic mass is 10.2. The van der Waals surface area contributed by atoms with Gasteiger partial charge in [0.25, 0.3) is 11.8 Å². The molecule has 2 amide bonds. The van der Waals surface area contributed by atoms with Crippen LogP contribution in [0.3, 0.4) is 0 Å². The fraction of sp³-hybridized carbons (Fsp3) is 0.125. The van der Waals surface area contributed by atoms with Crippen LogP contribution in [0.25, 0.3) is 0 Å². The van der Waals surface area contributed by atoms with Gasteiger partial charge in [-0.25, -0.2) is 18.2 Å². The summed E-state index contributed by atoms with van der Waals surface area (Å²) in [6.07, 6.45) is 2.29. The van der Waals surface area contributed by atoms with Crippen molar-refractivity contribution in [2.24, 2.45) is 5.10 Å². The quantitative estimate of drug-likeness (QED) is 0.283. The molecule has 3 aromatic rings. The number of sulfonamides is 1. The third-order valence-corrected chi connectivity index (χ3v) is 6.60. The SMILES string of the molecule is CS(=O)(=O)N(CC(=O)N/N=C\c1ccc(OCC(=O)Nc2ccc(F)cc2)cc1)c1cccc(Cl)c1Cl. The van der Waals surface area contributed by atoms with E-state index < -0.39 is 34.2 Å². The topological polar surface area (TPSA) is 117 Å². The Kier molecular flexibility index (Phi) is 9.45. The summed E-state index contributed by atoms with van der Waals surface area (Å²) in [7, 11) is -3.85. The van der Waals surface area contributed by atoms with Crippen molar-refractivity contribution >= 4 is 62.6 Å². The summed E-state index contributed by atoms with van der Waals surface area (Å²) >= 11 is 12.1. The van der Waals surface area contributed by atoms with E-state index in [1.54, 1.807) is 24.3 Å². The lowest BCUT2D eigenvalue weighted by Crippen LogP contribution is -2.39. The summed E-state index contributed by atoms with van der Waals surface area (Å²) in [6, 6.07) is 16.3. The molecule has 13 heteroatoms. The van der Waals surface area contributed by atoms with Crippen LogP contribution in [0, 0.1) is 5.82 Å². The number of hydrogen-bond acceptors (Lipinski definition) is 6. The molecule has 0 atom stereocenters. The molecule has 9 nitrogen and oxygen atoms in total. The van der Waals surface area contributed by atoms with Gasteiger partial charge in [0.2, 0.25) is 10.0 Å². The Hall–Kier alpha value is -3.67. The van der Waals surface area contributed by atoms with E-state index in [1.807, 2.05) is 0 Å². The molecule has 0 aliphatic rings. The number of amides is 2. The maximum Gasteiger partial charge on any atom is 0.262 e. The first-order valence-electron chi connectivity index (χ1n) is 10.5. The second-order valence-corrected chi connectivity index (χ2v) is 10.2. The second-order valence-electron chi connectivity index (χ2n) is 7.55. The van der Waals surface area contributed by atoms with Crippen molar-refractivity contribution in [3.63, 3.8) is 0 Å². The summed E-state index contributed by atoms with van der Waals surface area (Å²) in [5.41, 5.74) is 3.37. The number of ether oxygens (including phenoxy) is 1. The van der Waals surface area contributed by atoms with Gasteiger partial charge in [-0.1, -0.05) is 29.3 Å². The minimum atomic E-state index is -3.85. The Morgan fingerprint density at radius 1 is 1.03 bits per heavy atom. The molecule has 2 N–H and O–H groups in total. The lowest BCUT2D eigenvalue weighted by Gasteiger charge is -2.22. The molecule has 0 aliphatic heterocycles. The van der Waals surface area contributed by atoms with Crippen molar-refractivity contribution in [2.75, 3.05) is 29.0 Å². The maximum absolute atomic E-state index is 12.9. The van der Waals surface area contributed by atoms with Crippen molar-refractivity contribution in [3.05, 3.63) is 88.2 Å². The van der Waals surface area contributed by atoms with Crippen LogP contribution < -0.4 is 19.8 Å². The fourth-order valence-electron chi connectivity index (χ4n) is 2.94. The highest BCUT2D eigenvalue weighted by molar-refractivity contribution is 7.92. The number of halogens is 3. The first-order chi connectivity index (χ1) is 17.5. The van der Waals surface area contributed by atoms with Gasteiger partial charge < -0.3 is 10.1 Å². The van der Waals surface area contributed by atoms with Crippen molar-refractivity contribution in [2.45, 2.75) is 0 Å². The third kappa shape index (κ3) is 8.45. The molecule has 3 aromatic carbocycles. The highest BCUT2D eigenvalue weighted by Crippen LogP contribution is 2.33. The fourth-order valence-corrected chi connectivity index (χ4v) is 4.25. The van der Waals surface area contributed by atoms with Gasteiger partial charge in [0.05, 0.1) is 28.2 Å². The summed E-state index contributed by atoms with van der Waals surface area (Å²) in [4.78, 5) is 24.3. The standard InChI is InChI=1S/C24H21Cl2FN4O5S/c1-37(34,35)31(21-4-2-3-20(25)24(21)26)14-22(32)30-28-13-16-5-11-19(12-6-16)36-15-23(33)29-18-9-7-17(27)8-10-18/h2-13H,14-15H2,1H3,(H,29,33)(H,30,32)/b28-13-. The van der Waals surface area contributed by atoms with Gasteiger partial charge in [0.15, 0.2) is 6.61 Å². The Morgan fingerprint density at radius 3 is 2.35 bits per heavy atom. The van der Waals surface area contributed by atoms with E-state index in [4.69, 9.17) is 27.9 Å². The van der Waals surface area contributed by atoms with E-state index in [-0.39, 0.29) is 22.3 Å². The predicted octanol–water partition coefficient (Wildman–Crippen LogP) is 4.07. The van der Waals surface area contributed by atoms with Crippen molar-refractivity contribution in [3.8, 4) is 5.75 Å². The molecule has 0 saturated heterocycles. The minimum Gasteiger partial charge on any atom is -0.484 e. The molecule has 0 aromatic heterocycles. The highest BCUT2D eigenvalue weighted by atomic mass is 35.5. The molecule has 0 saturated carbocycles. The summed E-state index contributed by atoms with van der Waals surface area (Å²) in [6.45, 7) is -0.822. The molecule has 37 heavy (non-hydrogen) atoms. The summed E-state index contributed by atoms with van der Waals surface area (Å²) in [5.74, 6) is -1.11. The molecule has 0 heterocycles. The monoisotopic (exact) mass is 566 g/mol. The van der Waals surface area contributed by atoms with Gasteiger partial charge >= 0.3 is 0 Å². The Balaban J connectivity index is 1.51. The number of nitrogens with zero attached hydrogens (tertiary/aromatic N) is 2. The van der Waals surface area contributed by atoms with Crippen LogP contribution in [0.1, 0.15) is 5.56 Å². The van der Waals surface area contributed by atoms with Crippen LogP contribution in [-0.4, -0.2) is 45.9 Å². The average Bonchev–Trinajstić information content (AvgIpc) is 2.85. The normalized spacial score (nSPS) is 11.2. The van der Waals surface area contributed by atoms with Crippen LogP contribution in [0.2, 0.25) is 10.0 Å². The van der Waals surface area contributed by atoms with E-state index in [1.165, 1.54) is 48.7 Å². The molecule has 194 valence electrons. The largest absolute Gasteiger partial charge is 0.484 e. The van der Waals surface area contributed by atoms with Gasteiger partial charge in [0, 0.05) is 5.69 Å². The van der Waals surface area contributed by atoms with Crippen LogP contribution >= 0.6 is 23.2 Å². The Bertz CT molecular complexity index is 1400. The lowest BCUT2D eigenvalue weighted by molar-refractivity contribution is -0.119. The Morgan fingerprint density at radius 2 is 1.70 bits per heavy atom. The molecular weight excluding hydrogens is 546 g/mol. The zero-order valence-electron chi connectivity index (χ0n) is 19.3. The molecule has 0 aliphatic carbocycles. The van der Waals surface area contributed by atoms with Gasteiger partial charge in [-0.15, -0.1) is 0 Å². The van der Waals surface area contributed by atoms with Crippen LogP contribution in [0.15, 0.2) is 71.8 Å². The second kappa shape index (κ2) is 12.5. The highest BCUT2D eigenvalue weighted by Gasteiger charge is 2.23. The van der Waals surface area contributed by atoms with Gasteiger partial charge in [-0.3, -0.25) is 13.9 Å².